The van der Waals surface area contributed by atoms with Crippen molar-refractivity contribution < 1.29 is 22.1 Å². The predicted molar refractivity (Wildman–Crippen MR) is 81.4 cm³/mol. The second kappa shape index (κ2) is 12.8. The average Bonchev–Trinajstić information content (AvgIpc) is 2.33. The van der Waals surface area contributed by atoms with Gasteiger partial charge in [0.15, 0.2) is 0 Å². The van der Waals surface area contributed by atoms with Crippen molar-refractivity contribution in [1.29, 1.82) is 0 Å². The van der Waals surface area contributed by atoms with Gasteiger partial charge in [0, 0.05) is 5.57 Å². The van der Waals surface area contributed by atoms with Gasteiger partial charge in [-0.05, 0) is 26.2 Å². The zero-order valence-corrected chi connectivity index (χ0v) is 12.6. The number of carbonyl (C=O) groups is 1. The molecule has 0 N–H and O–H groups in total. The standard InChI is InChI=1S/C13H24O5S.Na.H/c1-4-5-8-11-19(15,16)18-10-7-6-9-17-13(14)12(2)3;;/h2,4-11H2,1,3H3;;. The molecule has 0 bridgehead atoms. The Kier molecular flexibility index (Phi) is 14.4. The van der Waals surface area contributed by atoms with Gasteiger partial charge in [-0.3, -0.25) is 4.18 Å². The Balaban J connectivity index is 0. The molecule has 0 rings (SSSR count). The summed E-state index contributed by atoms with van der Waals surface area (Å²) in [4.78, 5) is 11.0. The van der Waals surface area contributed by atoms with Crippen molar-refractivity contribution in [1.82, 2.24) is 0 Å². The van der Waals surface area contributed by atoms with E-state index in [1.165, 1.54) is 0 Å². The van der Waals surface area contributed by atoms with Crippen LogP contribution in [-0.4, -0.2) is 62.9 Å². The molecule has 20 heavy (non-hydrogen) atoms. The third-order valence-electron chi connectivity index (χ3n) is 2.38. The van der Waals surface area contributed by atoms with Crippen molar-refractivity contribution in [2.75, 3.05) is 19.0 Å². The Bertz CT molecular complexity index is 378. The van der Waals surface area contributed by atoms with Gasteiger partial charge in [-0.25, -0.2) is 4.79 Å². The van der Waals surface area contributed by atoms with E-state index in [-0.39, 0.29) is 48.5 Å². The van der Waals surface area contributed by atoms with Crippen molar-refractivity contribution in [2.45, 2.75) is 46.0 Å². The first-order valence-corrected chi connectivity index (χ1v) is 8.16. The monoisotopic (exact) mass is 316 g/mol. The molecule has 0 aromatic rings. The number of rotatable bonds is 11. The first kappa shape index (κ1) is 22.4. The van der Waals surface area contributed by atoms with E-state index < -0.39 is 16.1 Å². The fourth-order valence-electron chi connectivity index (χ4n) is 1.27. The van der Waals surface area contributed by atoms with E-state index in [1.54, 1.807) is 6.92 Å². The van der Waals surface area contributed by atoms with Crippen LogP contribution in [0.2, 0.25) is 0 Å². The Labute approximate surface area is 144 Å². The summed E-state index contributed by atoms with van der Waals surface area (Å²) in [6.07, 6.45) is 3.61. The fraction of sp³-hybridized carbons (Fsp3) is 0.769. The summed E-state index contributed by atoms with van der Waals surface area (Å²) in [7, 11) is -3.39. The number of hydrogen-bond donors (Lipinski definition) is 0. The summed E-state index contributed by atoms with van der Waals surface area (Å²) in [5.74, 6) is -0.348. The fourth-order valence-corrected chi connectivity index (χ4v) is 2.31. The topological polar surface area (TPSA) is 69.7 Å². The molecule has 0 aliphatic heterocycles. The normalized spacial score (nSPS) is 10.7. The molecule has 0 radical (unpaired) electrons. The molecule has 0 spiro atoms. The van der Waals surface area contributed by atoms with Crippen molar-refractivity contribution >= 4 is 45.6 Å². The first-order valence-electron chi connectivity index (χ1n) is 6.58. The molecule has 0 fully saturated rings. The molecular weight excluding hydrogens is 291 g/mol. The van der Waals surface area contributed by atoms with Crippen LogP contribution in [0, 0.1) is 0 Å². The predicted octanol–water partition coefficient (Wildman–Crippen LogP) is 1.77. The minimum atomic E-state index is -3.39. The Hall–Kier alpha value is 0.120. The van der Waals surface area contributed by atoms with E-state index >= 15 is 0 Å². The second-order valence-electron chi connectivity index (χ2n) is 4.41. The van der Waals surface area contributed by atoms with Gasteiger partial charge in [0.25, 0.3) is 10.1 Å². The van der Waals surface area contributed by atoms with E-state index in [2.05, 4.69) is 6.58 Å². The number of carbonyl (C=O) groups excluding carboxylic acids is 1. The van der Waals surface area contributed by atoms with Gasteiger partial charge in [-0.1, -0.05) is 26.3 Å². The van der Waals surface area contributed by atoms with Crippen LogP contribution in [-0.2, 0) is 23.8 Å². The van der Waals surface area contributed by atoms with E-state index in [0.717, 1.165) is 12.8 Å². The summed E-state index contributed by atoms with van der Waals surface area (Å²) in [5, 5.41) is 0. The van der Waals surface area contributed by atoms with Crippen LogP contribution in [0.4, 0.5) is 0 Å². The molecule has 0 aromatic carbocycles. The summed E-state index contributed by atoms with van der Waals surface area (Å²) in [6.45, 7) is 7.44. The Morgan fingerprint density at radius 1 is 1.10 bits per heavy atom. The van der Waals surface area contributed by atoms with Crippen LogP contribution in [0.5, 0.6) is 0 Å². The van der Waals surface area contributed by atoms with Gasteiger partial charge in [-0.2, -0.15) is 8.42 Å². The van der Waals surface area contributed by atoms with Crippen LogP contribution in [0.25, 0.3) is 0 Å². The van der Waals surface area contributed by atoms with Crippen molar-refractivity contribution in [3.05, 3.63) is 12.2 Å². The number of unbranched alkanes of at least 4 members (excludes halogenated alkanes) is 3. The van der Waals surface area contributed by atoms with Gasteiger partial charge in [0.1, 0.15) is 0 Å². The Morgan fingerprint density at radius 3 is 2.25 bits per heavy atom. The SMILES string of the molecule is C=C(C)C(=O)OCCCCOS(=O)(=O)CCCCC.[NaH]. The second-order valence-corrected chi connectivity index (χ2v) is 6.17. The van der Waals surface area contributed by atoms with Crippen LogP contribution in [0.1, 0.15) is 46.0 Å². The van der Waals surface area contributed by atoms with Crippen LogP contribution in [0.3, 0.4) is 0 Å². The van der Waals surface area contributed by atoms with Crippen LogP contribution < -0.4 is 0 Å². The molecule has 0 atom stereocenters. The van der Waals surface area contributed by atoms with Gasteiger partial charge >= 0.3 is 35.5 Å². The summed E-state index contributed by atoms with van der Waals surface area (Å²) < 4.78 is 32.5. The van der Waals surface area contributed by atoms with Gasteiger partial charge in [0.2, 0.25) is 0 Å². The van der Waals surface area contributed by atoms with Crippen LogP contribution in [0.15, 0.2) is 12.2 Å². The molecule has 0 unspecified atom stereocenters. The van der Waals surface area contributed by atoms with E-state index in [0.29, 0.717) is 24.8 Å². The molecule has 0 amide bonds. The number of esters is 1. The molecule has 0 saturated carbocycles. The molecule has 0 aliphatic carbocycles. The molecule has 0 aliphatic rings. The maximum absolute atomic E-state index is 11.4. The van der Waals surface area contributed by atoms with Crippen molar-refractivity contribution in [3.63, 3.8) is 0 Å². The average molecular weight is 316 g/mol. The maximum atomic E-state index is 11.4. The summed E-state index contributed by atoms with van der Waals surface area (Å²) in [5.41, 5.74) is 0.356. The van der Waals surface area contributed by atoms with Crippen molar-refractivity contribution in [3.8, 4) is 0 Å². The Morgan fingerprint density at radius 2 is 1.70 bits per heavy atom. The van der Waals surface area contributed by atoms with Crippen molar-refractivity contribution in [2.24, 2.45) is 0 Å². The van der Waals surface area contributed by atoms with Crippen LogP contribution >= 0.6 is 0 Å². The van der Waals surface area contributed by atoms with E-state index in [9.17, 15) is 13.2 Å². The molecule has 114 valence electrons. The zero-order valence-electron chi connectivity index (χ0n) is 11.8. The quantitative estimate of drug-likeness (QED) is 0.191. The van der Waals surface area contributed by atoms with E-state index in [4.69, 9.17) is 8.92 Å². The molecule has 0 saturated heterocycles. The molecular formula is C13H25NaO5S. The number of ether oxygens (including phenoxy) is 1. The third-order valence-corrected chi connectivity index (χ3v) is 3.70. The van der Waals surface area contributed by atoms with Gasteiger partial charge in [0.05, 0.1) is 19.0 Å². The van der Waals surface area contributed by atoms with Gasteiger partial charge < -0.3 is 4.74 Å². The molecule has 0 aromatic heterocycles. The van der Waals surface area contributed by atoms with E-state index in [1.807, 2.05) is 6.92 Å². The summed E-state index contributed by atoms with van der Waals surface area (Å²) in [6, 6.07) is 0. The third kappa shape index (κ3) is 13.1. The first-order chi connectivity index (χ1) is 8.89. The zero-order chi connectivity index (χ0) is 14.7. The molecule has 0 heterocycles. The minimum absolute atomic E-state index is 0. The molecule has 7 heteroatoms. The van der Waals surface area contributed by atoms with Gasteiger partial charge in [-0.15, -0.1) is 0 Å². The number of hydrogen-bond acceptors (Lipinski definition) is 5. The molecule has 5 nitrogen and oxygen atoms in total. The summed E-state index contributed by atoms with van der Waals surface area (Å²) >= 11 is 0.